The van der Waals surface area contributed by atoms with Gasteiger partial charge in [0.05, 0.1) is 6.61 Å². The summed E-state index contributed by atoms with van der Waals surface area (Å²) in [6.07, 6.45) is 0. The van der Waals surface area contributed by atoms with E-state index in [1.807, 2.05) is 6.92 Å². The Bertz CT molecular complexity index is 1020. The molecule has 0 spiro atoms. The van der Waals surface area contributed by atoms with Crippen LogP contribution in [0.3, 0.4) is 0 Å². The van der Waals surface area contributed by atoms with Crippen molar-refractivity contribution in [1.29, 1.82) is 0 Å². The van der Waals surface area contributed by atoms with Crippen LogP contribution in [0.15, 0.2) is 59.4 Å². The Labute approximate surface area is 154 Å². The van der Waals surface area contributed by atoms with Gasteiger partial charge in [-0.05, 0) is 43.3 Å². The van der Waals surface area contributed by atoms with Crippen molar-refractivity contribution in [3.8, 4) is 5.75 Å². The molecule has 0 aliphatic heterocycles. The molecule has 0 aliphatic carbocycles. The molecular formula is C20H18N2O5. The second-order valence-electron chi connectivity index (χ2n) is 5.67. The number of rotatable bonds is 6. The number of amides is 1. The lowest BCUT2D eigenvalue weighted by Crippen LogP contribution is -2.22. The van der Waals surface area contributed by atoms with Crippen LogP contribution in [-0.2, 0) is 9.53 Å². The molecule has 2 aromatic carbocycles. The average Bonchev–Trinajstić information content (AvgIpc) is 2.68. The monoisotopic (exact) mass is 366 g/mol. The Morgan fingerprint density at radius 3 is 2.56 bits per heavy atom. The molecule has 27 heavy (non-hydrogen) atoms. The molecule has 0 saturated heterocycles. The van der Waals surface area contributed by atoms with Gasteiger partial charge in [0.2, 0.25) is 0 Å². The quantitative estimate of drug-likeness (QED) is 0.654. The molecule has 0 aliphatic rings. The zero-order valence-corrected chi connectivity index (χ0v) is 14.7. The normalized spacial score (nSPS) is 10.4. The van der Waals surface area contributed by atoms with Gasteiger partial charge in [0.15, 0.2) is 12.0 Å². The molecule has 3 rings (SSSR count). The molecule has 1 heterocycles. The highest BCUT2D eigenvalue weighted by Gasteiger charge is 2.13. The third-order valence-electron chi connectivity index (χ3n) is 3.74. The number of para-hydroxylation sites is 1. The first kappa shape index (κ1) is 18.2. The van der Waals surface area contributed by atoms with Crippen LogP contribution in [-0.4, -0.2) is 30.1 Å². The third-order valence-corrected chi connectivity index (χ3v) is 3.74. The van der Waals surface area contributed by atoms with Gasteiger partial charge in [0, 0.05) is 22.7 Å². The maximum atomic E-state index is 12.1. The van der Waals surface area contributed by atoms with Gasteiger partial charge < -0.3 is 19.8 Å². The summed E-state index contributed by atoms with van der Waals surface area (Å²) in [5.74, 6) is -0.572. The minimum Gasteiger partial charge on any atom is -0.494 e. The van der Waals surface area contributed by atoms with E-state index in [2.05, 4.69) is 10.3 Å². The molecule has 0 atom stereocenters. The second kappa shape index (κ2) is 8.18. The number of fused-ring (bicyclic) bond motifs is 1. The molecule has 0 fully saturated rings. The standard InChI is InChI=1S/C20H18N2O5/c1-2-26-14-9-7-13(8-10-14)21-19(24)12-27-20(25)17-11-18(23)15-5-3-4-6-16(15)22-17/h3-11H,2,12H2,1H3,(H,21,24)(H,22,23). The van der Waals surface area contributed by atoms with Crippen molar-refractivity contribution in [2.24, 2.45) is 0 Å². The number of anilines is 1. The predicted molar refractivity (Wildman–Crippen MR) is 101 cm³/mol. The molecule has 138 valence electrons. The van der Waals surface area contributed by atoms with Crippen LogP contribution < -0.4 is 15.5 Å². The van der Waals surface area contributed by atoms with Crippen molar-refractivity contribution < 1.29 is 19.1 Å². The van der Waals surface area contributed by atoms with E-state index in [0.717, 1.165) is 6.07 Å². The first-order chi connectivity index (χ1) is 13.1. The van der Waals surface area contributed by atoms with Crippen LogP contribution in [0.5, 0.6) is 5.75 Å². The Morgan fingerprint density at radius 1 is 1.07 bits per heavy atom. The zero-order chi connectivity index (χ0) is 19.2. The van der Waals surface area contributed by atoms with Crippen molar-refractivity contribution in [3.63, 3.8) is 0 Å². The van der Waals surface area contributed by atoms with Gasteiger partial charge in [-0.15, -0.1) is 0 Å². The average molecular weight is 366 g/mol. The van der Waals surface area contributed by atoms with Gasteiger partial charge in [-0.3, -0.25) is 9.59 Å². The predicted octanol–water partition coefficient (Wildman–Crippen LogP) is 2.72. The number of carbonyl (C=O) groups is 2. The van der Waals surface area contributed by atoms with E-state index >= 15 is 0 Å². The first-order valence-electron chi connectivity index (χ1n) is 8.38. The van der Waals surface area contributed by atoms with Crippen LogP contribution in [0.2, 0.25) is 0 Å². The molecule has 0 bridgehead atoms. The summed E-state index contributed by atoms with van der Waals surface area (Å²) in [5.41, 5.74) is 0.775. The number of hydrogen-bond donors (Lipinski definition) is 2. The van der Waals surface area contributed by atoms with Crippen LogP contribution >= 0.6 is 0 Å². The van der Waals surface area contributed by atoms with Crippen molar-refractivity contribution >= 4 is 28.5 Å². The highest BCUT2D eigenvalue weighted by atomic mass is 16.5. The van der Waals surface area contributed by atoms with E-state index in [1.165, 1.54) is 0 Å². The topological polar surface area (TPSA) is 97.5 Å². The number of aromatic nitrogens is 1. The lowest BCUT2D eigenvalue weighted by atomic mass is 10.2. The Balaban J connectivity index is 1.60. The smallest absolute Gasteiger partial charge is 0.355 e. The maximum Gasteiger partial charge on any atom is 0.355 e. The van der Waals surface area contributed by atoms with E-state index in [0.29, 0.717) is 28.9 Å². The molecule has 0 radical (unpaired) electrons. The fraction of sp³-hybridized carbons (Fsp3) is 0.150. The summed E-state index contributed by atoms with van der Waals surface area (Å²) in [6.45, 7) is 1.96. The molecule has 7 nitrogen and oxygen atoms in total. The minimum atomic E-state index is -0.778. The number of esters is 1. The number of nitrogens with one attached hydrogen (secondary N) is 2. The lowest BCUT2D eigenvalue weighted by Gasteiger charge is -2.08. The summed E-state index contributed by atoms with van der Waals surface area (Å²) < 4.78 is 10.3. The van der Waals surface area contributed by atoms with Crippen LogP contribution in [0, 0.1) is 0 Å². The summed E-state index contributed by atoms with van der Waals surface area (Å²) >= 11 is 0. The van der Waals surface area contributed by atoms with E-state index in [1.54, 1.807) is 48.5 Å². The SMILES string of the molecule is CCOc1ccc(NC(=O)COC(=O)c2cc(=O)c3ccccc3[nH]2)cc1. The van der Waals surface area contributed by atoms with Crippen LogP contribution in [0.1, 0.15) is 17.4 Å². The molecule has 1 amide bonds. The van der Waals surface area contributed by atoms with E-state index in [4.69, 9.17) is 9.47 Å². The van der Waals surface area contributed by atoms with Crippen molar-refractivity contribution in [3.05, 3.63) is 70.5 Å². The molecule has 0 saturated carbocycles. The third kappa shape index (κ3) is 4.52. The van der Waals surface area contributed by atoms with Gasteiger partial charge in [0.25, 0.3) is 5.91 Å². The summed E-state index contributed by atoms with van der Waals surface area (Å²) in [7, 11) is 0. The summed E-state index contributed by atoms with van der Waals surface area (Å²) in [6, 6.07) is 14.8. The molecular weight excluding hydrogens is 348 g/mol. The zero-order valence-electron chi connectivity index (χ0n) is 14.7. The molecule has 3 aromatic rings. The van der Waals surface area contributed by atoms with E-state index < -0.39 is 18.5 Å². The first-order valence-corrected chi connectivity index (χ1v) is 8.38. The largest absolute Gasteiger partial charge is 0.494 e. The van der Waals surface area contributed by atoms with Crippen LogP contribution in [0.4, 0.5) is 5.69 Å². The van der Waals surface area contributed by atoms with Gasteiger partial charge >= 0.3 is 5.97 Å². The Kier molecular flexibility index (Phi) is 5.51. The van der Waals surface area contributed by atoms with Crippen molar-refractivity contribution in [2.45, 2.75) is 6.92 Å². The summed E-state index contributed by atoms with van der Waals surface area (Å²) in [5, 5.41) is 3.09. The number of hydrogen-bond acceptors (Lipinski definition) is 5. The molecule has 7 heteroatoms. The number of aromatic amines is 1. The minimum absolute atomic E-state index is 0.00688. The lowest BCUT2D eigenvalue weighted by molar-refractivity contribution is -0.119. The highest BCUT2D eigenvalue weighted by molar-refractivity contribution is 5.95. The van der Waals surface area contributed by atoms with Gasteiger partial charge in [-0.2, -0.15) is 0 Å². The van der Waals surface area contributed by atoms with E-state index in [9.17, 15) is 14.4 Å². The number of pyridine rings is 1. The maximum absolute atomic E-state index is 12.1. The molecule has 2 N–H and O–H groups in total. The number of benzene rings is 2. The van der Waals surface area contributed by atoms with Gasteiger partial charge in [0.1, 0.15) is 11.4 Å². The fourth-order valence-corrected chi connectivity index (χ4v) is 2.51. The van der Waals surface area contributed by atoms with Crippen molar-refractivity contribution in [2.75, 3.05) is 18.5 Å². The fourth-order valence-electron chi connectivity index (χ4n) is 2.51. The van der Waals surface area contributed by atoms with E-state index in [-0.39, 0.29) is 11.1 Å². The number of carbonyl (C=O) groups excluding carboxylic acids is 2. The highest BCUT2D eigenvalue weighted by Crippen LogP contribution is 2.15. The van der Waals surface area contributed by atoms with Crippen molar-refractivity contribution in [1.82, 2.24) is 4.98 Å². The summed E-state index contributed by atoms with van der Waals surface area (Å²) in [4.78, 5) is 39.0. The molecule has 1 aromatic heterocycles. The number of H-pyrrole nitrogens is 1. The van der Waals surface area contributed by atoms with Gasteiger partial charge in [-0.1, -0.05) is 12.1 Å². The van der Waals surface area contributed by atoms with Crippen LogP contribution in [0.25, 0.3) is 10.9 Å². The second-order valence-corrected chi connectivity index (χ2v) is 5.67. The molecule has 0 unspecified atom stereocenters. The Hall–Kier alpha value is -3.61. The number of ether oxygens (including phenoxy) is 2. The van der Waals surface area contributed by atoms with Gasteiger partial charge in [-0.25, -0.2) is 4.79 Å². The Morgan fingerprint density at radius 2 is 1.81 bits per heavy atom.